The van der Waals surface area contributed by atoms with Gasteiger partial charge in [-0.1, -0.05) is 0 Å². The van der Waals surface area contributed by atoms with Crippen LogP contribution in [0.25, 0.3) is 0 Å². The average molecular weight is 563 g/mol. The monoisotopic (exact) mass is 562 g/mol. The number of rotatable bonds is 11. The zero-order valence-corrected chi connectivity index (χ0v) is 24.7. The highest BCUT2D eigenvalue weighted by atomic mass is 31.2. The predicted molar refractivity (Wildman–Crippen MR) is 131 cm³/mol. The Balaban J connectivity index is 2.10. The molecule has 0 aromatic heterocycles. The van der Waals surface area contributed by atoms with Crippen molar-refractivity contribution < 1.29 is 56.2 Å². The van der Waals surface area contributed by atoms with Gasteiger partial charge in [-0.05, 0) is 55.4 Å². The van der Waals surface area contributed by atoms with Gasteiger partial charge in [0.05, 0.1) is 36.2 Å². The SMILES string of the molecule is COC1[C@H](C)O[C@H](COP(=O)(O)O[C@@H]2C(OC)[C@H](C)O[C@@H]2COP(=O)(O)C(C)(C)C)[C@@H]1OC(C)(C)C. The molecule has 0 bridgehead atoms. The van der Waals surface area contributed by atoms with E-state index in [0.717, 1.165) is 0 Å². The van der Waals surface area contributed by atoms with E-state index in [1.54, 1.807) is 34.8 Å². The number of phosphoric acid groups is 1. The summed E-state index contributed by atoms with van der Waals surface area (Å²) in [4.78, 5) is 20.8. The van der Waals surface area contributed by atoms with Gasteiger partial charge in [0.25, 0.3) is 0 Å². The molecule has 0 amide bonds. The zero-order valence-electron chi connectivity index (χ0n) is 22.9. The molecule has 2 aliphatic rings. The summed E-state index contributed by atoms with van der Waals surface area (Å²) in [6.07, 6.45) is -5.26. The van der Waals surface area contributed by atoms with E-state index in [1.807, 2.05) is 27.7 Å². The van der Waals surface area contributed by atoms with Gasteiger partial charge in [0.1, 0.15) is 36.6 Å². The van der Waals surface area contributed by atoms with Gasteiger partial charge in [0.2, 0.25) is 0 Å². The van der Waals surface area contributed by atoms with Crippen LogP contribution in [0, 0.1) is 0 Å². The van der Waals surface area contributed by atoms with Crippen molar-refractivity contribution in [1.29, 1.82) is 0 Å². The first-order valence-corrected chi connectivity index (χ1v) is 15.1. The minimum atomic E-state index is -4.65. The van der Waals surface area contributed by atoms with Crippen molar-refractivity contribution in [3.63, 3.8) is 0 Å². The fourth-order valence-corrected chi connectivity index (χ4v) is 5.83. The molecule has 0 radical (unpaired) electrons. The first-order valence-electron chi connectivity index (χ1n) is 12.0. The van der Waals surface area contributed by atoms with Gasteiger partial charge >= 0.3 is 15.4 Å². The lowest BCUT2D eigenvalue weighted by molar-refractivity contribution is -0.125. The maximum Gasteiger partial charge on any atom is 0.472 e. The van der Waals surface area contributed by atoms with Crippen LogP contribution in [0.2, 0.25) is 0 Å². The molecule has 2 N–H and O–H groups in total. The first kappa shape index (κ1) is 32.3. The van der Waals surface area contributed by atoms with Gasteiger partial charge in [-0.25, -0.2) is 4.57 Å². The van der Waals surface area contributed by atoms with Crippen molar-refractivity contribution in [3.05, 3.63) is 0 Å². The molecule has 14 heteroatoms. The molecule has 0 saturated carbocycles. The number of ether oxygens (including phenoxy) is 5. The average Bonchev–Trinajstić information content (AvgIpc) is 3.17. The molecule has 0 spiro atoms. The van der Waals surface area contributed by atoms with Gasteiger partial charge in [-0.3, -0.25) is 13.6 Å². The minimum absolute atomic E-state index is 0.295. The molecule has 2 saturated heterocycles. The van der Waals surface area contributed by atoms with Crippen LogP contribution < -0.4 is 0 Å². The van der Waals surface area contributed by atoms with E-state index in [1.165, 1.54) is 7.11 Å². The minimum Gasteiger partial charge on any atom is -0.376 e. The van der Waals surface area contributed by atoms with E-state index in [-0.39, 0.29) is 19.3 Å². The van der Waals surface area contributed by atoms with Crippen LogP contribution in [0.3, 0.4) is 0 Å². The number of hydrogen-bond acceptors (Lipinski definition) is 10. The lowest BCUT2D eigenvalue weighted by Crippen LogP contribution is -2.43. The summed E-state index contributed by atoms with van der Waals surface area (Å²) in [7, 11) is -5.70. The Labute approximate surface area is 214 Å². The maximum absolute atomic E-state index is 13.0. The largest absolute Gasteiger partial charge is 0.472 e. The van der Waals surface area contributed by atoms with E-state index in [9.17, 15) is 18.9 Å². The Morgan fingerprint density at radius 3 is 1.64 bits per heavy atom. The van der Waals surface area contributed by atoms with E-state index < -0.39 is 68.9 Å². The molecule has 0 aromatic rings. The molecular formula is C22H44O12P2. The van der Waals surface area contributed by atoms with Gasteiger partial charge in [0.15, 0.2) is 0 Å². The lowest BCUT2D eigenvalue weighted by atomic mass is 10.1. The van der Waals surface area contributed by atoms with Crippen molar-refractivity contribution in [2.45, 2.75) is 115 Å². The van der Waals surface area contributed by atoms with Crippen molar-refractivity contribution in [3.8, 4) is 0 Å². The summed E-state index contributed by atoms with van der Waals surface area (Å²) in [5.41, 5.74) is -0.512. The summed E-state index contributed by atoms with van der Waals surface area (Å²) in [6.45, 7) is 13.3. The van der Waals surface area contributed by atoms with Crippen LogP contribution in [0.15, 0.2) is 0 Å². The van der Waals surface area contributed by atoms with Crippen molar-refractivity contribution in [1.82, 2.24) is 0 Å². The van der Waals surface area contributed by atoms with Gasteiger partial charge in [-0.15, -0.1) is 0 Å². The second-order valence-electron chi connectivity index (χ2n) is 11.2. The van der Waals surface area contributed by atoms with Crippen molar-refractivity contribution in [2.24, 2.45) is 0 Å². The Hall–Kier alpha value is 0.0600. The van der Waals surface area contributed by atoms with E-state index in [2.05, 4.69) is 0 Å². The van der Waals surface area contributed by atoms with Crippen LogP contribution in [-0.4, -0.2) is 96.8 Å². The predicted octanol–water partition coefficient (Wildman–Crippen LogP) is 3.28. The molecule has 0 aliphatic carbocycles. The standard InChI is InChI=1S/C22H44O12P2/c1-13-17(27-9)19(33-21(3,4)5)15(31-13)12-30-36(25,26)34-20-16(32-14(2)18(20)28-10)11-29-35(23,24)22(6,7)8/h13-20H,11-12H2,1-10H3,(H,23,24)(H,25,26)/t13-,14-,15+,16+,17?,18?,19-,20-/m0/s1. The van der Waals surface area contributed by atoms with Crippen LogP contribution >= 0.6 is 15.4 Å². The molecule has 4 unspecified atom stereocenters. The molecular weight excluding hydrogens is 518 g/mol. The molecule has 2 heterocycles. The normalized spacial score (nSPS) is 37.1. The summed E-state index contributed by atoms with van der Waals surface area (Å²) in [5, 5.41) is -1.02. The van der Waals surface area contributed by atoms with Crippen LogP contribution in [-0.2, 0) is 46.4 Å². The number of phosphoric ester groups is 1. The Morgan fingerprint density at radius 1 is 0.750 bits per heavy atom. The van der Waals surface area contributed by atoms with Gasteiger partial charge in [-0.2, -0.15) is 0 Å². The summed E-state index contributed by atoms with van der Waals surface area (Å²) in [6, 6.07) is 0. The van der Waals surface area contributed by atoms with Gasteiger partial charge in [0, 0.05) is 14.2 Å². The summed E-state index contributed by atoms with van der Waals surface area (Å²) in [5.74, 6) is 0. The summed E-state index contributed by atoms with van der Waals surface area (Å²) < 4.78 is 70.2. The Bertz CT molecular complexity index is 810. The van der Waals surface area contributed by atoms with Crippen LogP contribution in [0.4, 0.5) is 0 Å². The molecule has 36 heavy (non-hydrogen) atoms. The maximum atomic E-state index is 13.0. The number of hydrogen-bond donors (Lipinski definition) is 2. The lowest BCUT2D eigenvalue weighted by Gasteiger charge is -2.31. The first-order chi connectivity index (χ1) is 16.3. The highest BCUT2D eigenvalue weighted by Gasteiger charge is 2.50. The third kappa shape index (κ3) is 8.28. The summed E-state index contributed by atoms with van der Waals surface area (Å²) >= 11 is 0. The molecule has 2 rings (SSSR count). The zero-order chi connectivity index (χ0) is 27.7. The topological polar surface area (TPSA) is 148 Å². The number of methoxy groups -OCH3 is 2. The van der Waals surface area contributed by atoms with E-state index >= 15 is 0 Å². The van der Waals surface area contributed by atoms with Gasteiger partial charge < -0.3 is 38.0 Å². The molecule has 12 nitrogen and oxygen atoms in total. The fourth-order valence-electron chi connectivity index (χ4n) is 4.14. The van der Waals surface area contributed by atoms with E-state index in [0.29, 0.717) is 0 Å². The molecule has 214 valence electrons. The third-order valence-corrected chi connectivity index (χ3v) is 9.22. The quantitative estimate of drug-likeness (QED) is 0.356. The molecule has 2 fully saturated rings. The smallest absolute Gasteiger partial charge is 0.376 e. The molecule has 0 aromatic carbocycles. The second kappa shape index (κ2) is 12.1. The Kier molecular flexibility index (Phi) is 10.8. The van der Waals surface area contributed by atoms with Crippen molar-refractivity contribution in [2.75, 3.05) is 27.4 Å². The Morgan fingerprint density at radius 2 is 1.19 bits per heavy atom. The molecule has 10 atom stereocenters. The van der Waals surface area contributed by atoms with E-state index in [4.69, 9.17) is 37.3 Å². The highest BCUT2D eigenvalue weighted by molar-refractivity contribution is 7.54. The van der Waals surface area contributed by atoms with Crippen LogP contribution in [0.1, 0.15) is 55.4 Å². The van der Waals surface area contributed by atoms with Crippen LogP contribution in [0.5, 0.6) is 0 Å². The fraction of sp³-hybridized carbons (Fsp3) is 1.00. The molecule has 2 aliphatic heterocycles. The third-order valence-electron chi connectivity index (χ3n) is 6.04. The highest BCUT2D eigenvalue weighted by Crippen LogP contribution is 2.55. The van der Waals surface area contributed by atoms with Crippen molar-refractivity contribution >= 4 is 15.4 Å². The second-order valence-corrected chi connectivity index (χ2v) is 15.2.